The number of aliphatic carboxylic acids is 1. The first kappa shape index (κ1) is 12.7. The minimum absolute atomic E-state index is 0.0588. The van der Waals surface area contributed by atoms with Gasteiger partial charge < -0.3 is 10.4 Å². The molecule has 1 aromatic carbocycles. The zero-order valence-corrected chi connectivity index (χ0v) is 10.9. The van der Waals surface area contributed by atoms with Crippen LogP contribution in [0.3, 0.4) is 0 Å². The first-order chi connectivity index (χ1) is 9.50. The minimum atomic E-state index is -0.916. The lowest BCUT2D eigenvalue weighted by Gasteiger charge is -2.35. The van der Waals surface area contributed by atoms with Gasteiger partial charge in [0.15, 0.2) is 0 Å². The van der Waals surface area contributed by atoms with E-state index < -0.39 is 16.9 Å². The van der Waals surface area contributed by atoms with Crippen molar-refractivity contribution in [2.24, 2.45) is 5.92 Å². The molecule has 6 heteroatoms. The molecule has 20 heavy (non-hydrogen) atoms. The number of aryl methyl sites for hydroxylation is 1. The summed E-state index contributed by atoms with van der Waals surface area (Å²) in [4.78, 5) is 22.2. The van der Waals surface area contributed by atoms with Crippen LogP contribution >= 0.6 is 0 Å². The van der Waals surface area contributed by atoms with E-state index in [1.165, 1.54) is 6.07 Å². The van der Waals surface area contributed by atoms with E-state index in [0.29, 0.717) is 17.7 Å². The van der Waals surface area contributed by atoms with Gasteiger partial charge in [0.1, 0.15) is 6.04 Å². The molecule has 0 fully saturated rings. The monoisotopic (exact) mass is 274 g/mol. The van der Waals surface area contributed by atoms with Crippen molar-refractivity contribution in [3.63, 3.8) is 0 Å². The predicted octanol–water partition coefficient (Wildman–Crippen LogP) is 2.44. The first-order valence-corrected chi connectivity index (χ1v) is 6.44. The molecule has 3 rings (SSSR count). The lowest BCUT2D eigenvalue weighted by molar-refractivity contribution is -0.385. The third-order valence-electron chi connectivity index (χ3n) is 4.17. The quantitative estimate of drug-likeness (QED) is 0.491. The lowest BCUT2D eigenvalue weighted by atomic mass is 9.78. The summed E-state index contributed by atoms with van der Waals surface area (Å²) >= 11 is 0. The number of benzene rings is 1. The van der Waals surface area contributed by atoms with Crippen molar-refractivity contribution < 1.29 is 14.8 Å². The van der Waals surface area contributed by atoms with Crippen LogP contribution in [0.25, 0.3) is 0 Å². The molecule has 0 unspecified atom stereocenters. The van der Waals surface area contributed by atoms with Crippen molar-refractivity contribution in [2.75, 3.05) is 5.32 Å². The van der Waals surface area contributed by atoms with E-state index in [9.17, 15) is 20.0 Å². The van der Waals surface area contributed by atoms with Gasteiger partial charge in [-0.25, -0.2) is 4.79 Å². The van der Waals surface area contributed by atoms with Crippen LogP contribution < -0.4 is 5.32 Å². The minimum Gasteiger partial charge on any atom is -0.480 e. The van der Waals surface area contributed by atoms with E-state index in [1.807, 2.05) is 19.1 Å². The maximum atomic E-state index is 11.4. The van der Waals surface area contributed by atoms with Gasteiger partial charge >= 0.3 is 5.97 Å². The lowest BCUT2D eigenvalue weighted by Crippen LogP contribution is -2.42. The predicted molar refractivity (Wildman–Crippen MR) is 72.9 cm³/mol. The molecule has 0 saturated carbocycles. The van der Waals surface area contributed by atoms with Gasteiger partial charge in [-0.1, -0.05) is 18.2 Å². The van der Waals surface area contributed by atoms with E-state index in [4.69, 9.17) is 0 Å². The molecule has 0 amide bonds. The number of hydrogen-bond donors (Lipinski definition) is 2. The smallest absolute Gasteiger partial charge is 0.326 e. The highest BCUT2D eigenvalue weighted by atomic mass is 16.6. The number of nitro groups is 1. The second kappa shape index (κ2) is 4.33. The number of nitrogens with one attached hydrogen (secondary N) is 1. The molecule has 0 radical (unpaired) electrons. The Morgan fingerprint density at radius 1 is 1.50 bits per heavy atom. The molecule has 0 saturated heterocycles. The molecular weight excluding hydrogens is 260 g/mol. The third-order valence-corrected chi connectivity index (χ3v) is 4.17. The Balaban J connectivity index is 2.22. The first-order valence-electron chi connectivity index (χ1n) is 6.44. The molecule has 0 aromatic heterocycles. The standard InChI is InChI=1S/C14H14N2O4/c1-7-5-6-10(16(19)20)11-8-3-2-4-9(8)13(14(17)18)15-12(7)11/h2-3,5-6,8-9,13,15H,4H2,1H3,(H,17,18)/t8-,9-,13+/m0/s1. The van der Waals surface area contributed by atoms with Gasteiger partial charge in [0.2, 0.25) is 0 Å². The summed E-state index contributed by atoms with van der Waals surface area (Å²) in [7, 11) is 0. The molecular formula is C14H14N2O4. The number of nitrogens with zero attached hydrogens (tertiary/aromatic N) is 1. The zero-order valence-electron chi connectivity index (χ0n) is 10.9. The second-order valence-corrected chi connectivity index (χ2v) is 5.26. The van der Waals surface area contributed by atoms with E-state index in [-0.39, 0.29) is 17.5 Å². The van der Waals surface area contributed by atoms with Crippen molar-refractivity contribution >= 4 is 17.3 Å². The molecule has 2 N–H and O–H groups in total. The van der Waals surface area contributed by atoms with E-state index in [2.05, 4.69) is 5.32 Å². The highest BCUT2D eigenvalue weighted by Crippen LogP contribution is 2.49. The highest BCUT2D eigenvalue weighted by Gasteiger charge is 2.44. The number of nitro benzene ring substituents is 1. The van der Waals surface area contributed by atoms with Gasteiger partial charge in [0, 0.05) is 23.6 Å². The summed E-state index contributed by atoms with van der Waals surface area (Å²) in [6, 6.07) is 2.45. The number of carbonyl (C=O) groups is 1. The van der Waals surface area contributed by atoms with Crippen molar-refractivity contribution in [2.45, 2.75) is 25.3 Å². The molecule has 3 atom stereocenters. The average molecular weight is 274 g/mol. The Kier molecular flexibility index (Phi) is 2.74. The van der Waals surface area contributed by atoms with Gasteiger partial charge in [0.05, 0.1) is 10.5 Å². The van der Waals surface area contributed by atoms with Crippen LogP contribution in [0.15, 0.2) is 24.3 Å². The Bertz CT molecular complexity index is 638. The molecule has 1 aromatic rings. The molecule has 1 heterocycles. The number of carboxylic acids is 1. The van der Waals surface area contributed by atoms with Crippen molar-refractivity contribution in [3.8, 4) is 0 Å². The number of allylic oxidation sites excluding steroid dienone is 2. The molecule has 0 bridgehead atoms. The van der Waals surface area contributed by atoms with E-state index >= 15 is 0 Å². The summed E-state index contributed by atoms with van der Waals surface area (Å²) in [5.41, 5.74) is 2.10. The number of fused-ring (bicyclic) bond motifs is 3. The zero-order chi connectivity index (χ0) is 14.4. The average Bonchev–Trinajstić information content (AvgIpc) is 2.86. The normalized spacial score (nSPS) is 26.6. The van der Waals surface area contributed by atoms with E-state index in [1.54, 1.807) is 6.07 Å². The number of carboxylic acid groups (broad SMARTS) is 1. The summed E-state index contributed by atoms with van der Waals surface area (Å²) in [5.74, 6) is -1.28. The molecule has 0 spiro atoms. The van der Waals surface area contributed by atoms with Crippen LogP contribution in [0, 0.1) is 23.0 Å². The second-order valence-electron chi connectivity index (χ2n) is 5.26. The summed E-state index contributed by atoms with van der Waals surface area (Å²) < 4.78 is 0. The SMILES string of the molecule is Cc1ccc([N+](=O)[O-])c2c1N[C@@H](C(=O)O)[C@H]1CC=C[C@H]21. The topological polar surface area (TPSA) is 92.5 Å². The van der Waals surface area contributed by atoms with Gasteiger partial charge in [-0.3, -0.25) is 10.1 Å². The summed E-state index contributed by atoms with van der Waals surface area (Å²) in [6.45, 7) is 1.83. The van der Waals surface area contributed by atoms with Crippen LogP contribution in [0.4, 0.5) is 11.4 Å². The highest BCUT2D eigenvalue weighted by molar-refractivity contribution is 5.82. The van der Waals surface area contributed by atoms with E-state index in [0.717, 1.165) is 5.56 Å². The fourth-order valence-corrected chi connectivity index (χ4v) is 3.24. The fourth-order valence-electron chi connectivity index (χ4n) is 3.24. The number of hydrogen-bond acceptors (Lipinski definition) is 4. The number of anilines is 1. The fraction of sp³-hybridized carbons (Fsp3) is 0.357. The van der Waals surface area contributed by atoms with Crippen LogP contribution in [0.2, 0.25) is 0 Å². The number of rotatable bonds is 2. The van der Waals surface area contributed by atoms with Crippen LogP contribution in [-0.4, -0.2) is 22.0 Å². The van der Waals surface area contributed by atoms with Crippen molar-refractivity contribution in [1.82, 2.24) is 0 Å². The van der Waals surface area contributed by atoms with Crippen molar-refractivity contribution in [1.29, 1.82) is 0 Å². The molecule has 1 aliphatic carbocycles. The molecule has 1 aliphatic heterocycles. The maximum absolute atomic E-state index is 11.4. The summed E-state index contributed by atoms with van der Waals surface area (Å²) in [6.07, 6.45) is 4.43. The Morgan fingerprint density at radius 2 is 2.25 bits per heavy atom. The van der Waals surface area contributed by atoms with Crippen molar-refractivity contribution in [3.05, 3.63) is 45.5 Å². The van der Waals surface area contributed by atoms with Gasteiger partial charge in [-0.2, -0.15) is 0 Å². The Labute approximate surface area is 115 Å². The van der Waals surface area contributed by atoms with Gasteiger partial charge in [-0.15, -0.1) is 0 Å². The van der Waals surface area contributed by atoms with Crippen LogP contribution in [-0.2, 0) is 4.79 Å². The van der Waals surface area contributed by atoms with Crippen LogP contribution in [0.5, 0.6) is 0 Å². The van der Waals surface area contributed by atoms with Crippen LogP contribution in [0.1, 0.15) is 23.5 Å². The third kappa shape index (κ3) is 1.68. The van der Waals surface area contributed by atoms with Gasteiger partial charge in [0.25, 0.3) is 5.69 Å². The molecule has 104 valence electrons. The molecule has 2 aliphatic rings. The summed E-state index contributed by atoms with van der Waals surface area (Å²) in [5, 5.41) is 23.6. The Hall–Kier alpha value is -2.37. The largest absolute Gasteiger partial charge is 0.480 e. The Morgan fingerprint density at radius 3 is 2.90 bits per heavy atom. The van der Waals surface area contributed by atoms with Gasteiger partial charge in [-0.05, 0) is 18.9 Å². The maximum Gasteiger partial charge on any atom is 0.326 e. The molecule has 6 nitrogen and oxygen atoms in total.